The molecule has 0 atom stereocenters. The van der Waals surface area contributed by atoms with Gasteiger partial charge in [-0.25, -0.2) is 9.59 Å². The molecular weight excluding hydrogens is 406 g/mol. The molecular formula is C18H20ClN3O5S. The molecule has 2 heterocycles. The highest BCUT2D eigenvalue weighted by Gasteiger charge is 2.27. The number of esters is 2. The van der Waals surface area contributed by atoms with Crippen molar-refractivity contribution in [3.63, 3.8) is 0 Å². The van der Waals surface area contributed by atoms with Crippen molar-refractivity contribution in [1.29, 1.82) is 0 Å². The molecule has 0 radical (unpaired) electrons. The maximum absolute atomic E-state index is 12.4. The summed E-state index contributed by atoms with van der Waals surface area (Å²) in [4.78, 5) is 37.8. The summed E-state index contributed by atoms with van der Waals surface area (Å²) < 4.78 is 11.5. The van der Waals surface area contributed by atoms with Gasteiger partial charge < -0.3 is 14.8 Å². The molecule has 2 aromatic rings. The standard InChI is InChI=1S/C18H20ClN3O5S/c1-3-26-17(24)14-10-6-4-5-7-12(10)28-16(14)20-13(23)9-27-18(25)15-11(19)8-22(2)21-15/h8H,3-7,9H2,1-2H3,(H,20,23). The molecule has 2 aromatic heterocycles. The van der Waals surface area contributed by atoms with Crippen molar-refractivity contribution in [2.75, 3.05) is 18.5 Å². The van der Waals surface area contributed by atoms with Crippen LogP contribution in [0.15, 0.2) is 6.20 Å². The monoisotopic (exact) mass is 425 g/mol. The summed E-state index contributed by atoms with van der Waals surface area (Å²) in [6, 6.07) is 0. The van der Waals surface area contributed by atoms with E-state index in [4.69, 9.17) is 21.1 Å². The second-order valence-electron chi connectivity index (χ2n) is 6.26. The van der Waals surface area contributed by atoms with Crippen LogP contribution in [0, 0.1) is 0 Å². The predicted molar refractivity (Wildman–Crippen MR) is 104 cm³/mol. The minimum absolute atomic E-state index is 0.0595. The lowest BCUT2D eigenvalue weighted by molar-refractivity contribution is -0.119. The van der Waals surface area contributed by atoms with Crippen LogP contribution in [-0.2, 0) is 34.2 Å². The maximum atomic E-state index is 12.4. The normalized spacial score (nSPS) is 13.0. The Morgan fingerprint density at radius 3 is 2.68 bits per heavy atom. The van der Waals surface area contributed by atoms with Crippen molar-refractivity contribution >= 4 is 45.8 Å². The van der Waals surface area contributed by atoms with Gasteiger partial charge in [-0.15, -0.1) is 11.3 Å². The highest BCUT2D eigenvalue weighted by molar-refractivity contribution is 7.17. The van der Waals surface area contributed by atoms with Gasteiger partial charge in [0.1, 0.15) is 5.00 Å². The van der Waals surface area contributed by atoms with Crippen LogP contribution in [-0.4, -0.2) is 40.8 Å². The van der Waals surface area contributed by atoms with Crippen molar-refractivity contribution in [1.82, 2.24) is 9.78 Å². The number of thiophene rings is 1. The van der Waals surface area contributed by atoms with Crippen LogP contribution in [0.5, 0.6) is 0 Å². The third kappa shape index (κ3) is 4.36. The lowest BCUT2D eigenvalue weighted by atomic mass is 9.95. The van der Waals surface area contributed by atoms with Gasteiger partial charge in [0.25, 0.3) is 5.91 Å². The number of carbonyl (C=O) groups is 3. The number of rotatable bonds is 6. The highest BCUT2D eigenvalue weighted by Crippen LogP contribution is 2.38. The van der Waals surface area contributed by atoms with E-state index in [0.29, 0.717) is 10.6 Å². The Labute approximate surface area is 170 Å². The summed E-state index contributed by atoms with van der Waals surface area (Å²) in [6.07, 6.45) is 5.15. The topological polar surface area (TPSA) is 99.5 Å². The highest BCUT2D eigenvalue weighted by atomic mass is 35.5. The summed E-state index contributed by atoms with van der Waals surface area (Å²) >= 11 is 7.26. The summed E-state index contributed by atoms with van der Waals surface area (Å²) in [5, 5.41) is 7.14. The molecule has 0 fully saturated rings. The number of hydrogen-bond donors (Lipinski definition) is 1. The zero-order valence-corrected chi connectivity index (χ0v) is 17.1. The molecule has 0 aromatic carbocycles. The lowest BCUT2D eigenvalue weighted by Gasteiger charge is -2.12. The first-order valence-corrected chi connectivity index (χ1v) is 10.1. The van der Waals surface area contributed by atoms with Gasteiger partial charge in [0.05, 0.1) is 17.2 Å². The molecule has 0 saturated heterocycles. The van der Waals surface area contributed by atoms with E-state index >= 15 is 0 Å². The van der Waals surface area contributed by atoms with Gasteiger partial charge in [-0.2, -0.15) is 5.10 Å². The lowest BCUT2D eigenvalue weighted by Crippen LogP contribution is -2.22. The number of halogens is 1. The zero-order valence-electron chi connectivity index (χ0n) is 15.5. The van der Waals surface area contributed by atoms with Crippen LogP contribution in [0.1, 0.15) is 51.1 Å². The fourth-order valence-corrected chi connectivity index (χ4v) is 4.58. The average molecular weight is 426 g/mol. The number of amides is 1. The molecule has 28 heavy (non-hydrogen) atoms. The van der Waals surface area contributed by atoms with Crippen LogP contribution < -0.4 is 5.32 Å². The third-order valence-corrected chi connectivity index (χ3v) is 5.70. The maximum Gasteiger partial charge on any atom is 0.360 e. The van der Waals surface area contributed by atoms with Crippen LogP contribution >= 0.6 is 22.9 Å². The number of aryl methyl sites for hydroxylation is 2. The fraction of sp³-hybridized carbons (Fsp3) is 0.444. The van der Waals surface area contributed by atoms with E-state index in [1.165, 1.54) is 22.2 Å². The van der Waals surface area contributed by atoms with Gasteiger partial charge in [-0.1, -0.05) is 11.6 Å². The summed E-state index contributed by atoms with van der Waals surface area (Å²) in [6.45, 7) is 1.47. The van der Waals surface area contributed by atoms with Crippen molar-refractivity contribution in [2.24, 2.45) is 7.05 Å². The Balaban J connectivity index is 1.69. The SMILES string of the molecule is CCOC(=O)c1c(NC(=O)COC(=O)c2nn(C)cc2Cl)sc2c1CCCC2. The number of ether oxygens (including phenoxy) is 2. The van der Waals surface area contributed by atoms with E-state index in [0.717, 1.165) is 36.1 Å². The smallest absolute Gasteiger partial charge is 0.360 e. The quantitative estimate of drug-likeness (QED) is 0.714. The Morgan fingerprint density at radius 1 is 1.25 bits per heavy atom. The largest absolute Gasteiger partial charge is 0.462 e. The predicted octanol–water partition coefficient (Wildman–Crippen LogP) is 2.99. The Morgan fingerprint density at radius 2 is 2.00 bits per heavy atom. The van der Waals surface area contributed by atoms with Crippen LogP contribution in [0.4, 0.5) is 5.00 Å². The van der Waals surface area contributed by atoms with Gasteiger partial charge in [-0.3, -0.25) is 9.48 Å². The van der Waals surface area contributed by atoms with E-state index in [2.05, 4.69) is 10.4 Å². The average Bonchev–Trinajstić information content (AvgIpc) is 3.18. The molecule has 3 rings (SSSR count). The molecule has 1 aliphatic rings. The zero-order chi connectivity index (χ0) is 20.3. The first kappa shape index (κ1) is 20.3. The third-order valence-electron chi connectivity index (χ3n) is 4.22. The minimum atomic E-state index is -0.795. The van der Waals surface area contributed by atoms with Gasteiger partial charge in [0.2, 0.25) is 0 Å². The Bertz CT molecular complexity index is 921. The van der Waals surface area contributed by atoms with Crippen LogP contribution in [0.2, 0.25) is 5.02 Å². The Hall–Kier alpha value is -2.39. The molecule has 1 aliphatic carbocycles. The number of nitrogens with zero attached hydrogens (tertiary/aromatic N) is 2. The number of fused-ring (bicyclic) bond motifs is 1. The summed E-state index contributed by atoms with van der Waals surface area (Å²) in [7, 11) is 1.62. The van der Waals surface area contributed by atoms with Gasteiger partial charge in [0.15, 0.2) is 12.3 Å². The van der Waals surface area contributed by atoms with Gasteiger partial charge in [0, 0.05) is 18.1 Å². The number of anilines is 1. The number of carbonyl (C=O) groups excluding carboxylic acids is 3. The van der Waals surface area contributed by atoms with Gasteiger partial charge >= 0.3 is 11.9 Å². The summed E-state index contributed by atoms with van der Waals surface area (Å²) in [5.74, 6) is -1.80. The molecule has 1 amide bonds. The number of aromatic nitrogens is 2. The molecule has 0 unspecified atom stereocenters. The van der Waals surface area contributed by atoms with Crippen LogP contribution in [0.3, 0.4) is 0 Å². The van der Waals surface area contributed by atoms with E-state index in [1.807, 2.05) is 0 Å². The number of hydrogen-bond acceptors (Lipinski definition) is 7. The second kappa shape index (κ2) is 8.74. The van der Waals surface area contributed by atoms with Crippen LogP contribution in [0.25, 0.3) is 0 Å². The van der Waals surface area contributed by atoms with Crippen molar-refractivity contribution < 1.29 is 23.9 Å². The molecule has 8 nitrogen and oxygen atoms in total. The minimum Gasteiger partial charge on any atom is -0.462 e. The molecule has 10 heteroatoms. The first-order valence-electron chi connectivity index (χ1n) is 8.88. The summed E-state index contributed by atoms with van der Waals surface area (Å²) in [5.41, 5.74) is 1.30. The first-order chi connectivity index (χ1) is 13.4. The molecule has 0 saturated carbocycles. The number of nitrogens with one attached hydrogen (secondary N) is 1. The van der Waals surface area contributed by atoms with Crippen molar-refractivity contribution in [3.05, 3.63) is 32.9 Å². The molecule has 0 bridgehead atoms. The van der Waals surface area contributed by atoms with Crippen molar-refractivity contribution in [3.8, 4) is 0 Å². The second-order valence-corrected chi connectivity index (χ2v) is 7.77. The fourth-order valence-electron chi connectivity index (χ4n) is 3.03. The van der Waals surface area contributed by atoms with Crippen molar-refractivity contribution in [2.45, 2.75) is 32.6 Å². The molecule has 150 valence electrons. The van der Waals surface area contributed by atoms with E-state index < -0.39 is 24.5 Å². The van der Waals surface area contributed by atoms with E-state index in [1.54, 1.807) is 14.0 Å². The molecule has 0 spiro atoms. The van der Waals surface area contributed by atoms with E-state index in [-0.39, 0.29) is 17.3 Å². The molecule has 0 aliphatic heterocycles. The Kier molecular flexibility index (Phi) is 6.35. The van der Waals surface area contributed by atoms with E-state index in [9.17, 15) is 14.4 Å². The molecule has 1 N–H and O–H groups in total. The van der Waals surface area contributed by atoms with Gasteiger partial charge in [-0.05, 0) is 38.2 Å².